The minimum absolute atomic E-state index is 0.118. The number of nitrogens with two attached hydrogens (primary N) is 1. The number of hydrogen-bond donors (Lipinski definition) is 2. The molecule has 0 bridgehead atoms. The highest BCUT2D eigenvalue weighted by molar-refractivity contribution is 9.10. The number of halogens is 1. The van der Waals surface area contributed by atoms with E-state index in [1.54, 1.807) is 18.2 Å². The van der Waals surface area contributed by atoms with E-state index in [2.05, 4.69) is 21.2 Å². The highest BCUT2D eigenvalue weighted by Crippen LogP contribution is 2.17. The van der Waals surface area contributed by atoms with E-state index in [1.165, 1.54) is 0 Å². The van der Waals surface area contributed by atoms with E-state index in [-0.39, 0.29) is 12.0 Å². The summed E-state index contributed by atoms with van der Waals surface area (Å²) in [6, 6.07) is 5.16. The van der Waals surface area contributed by atoms with Gasteiger partial charge < -0.3 is 15.8 Å². The maximum Gasteiger partial charge on any atom is 0.251 e. The quantitative estimate of drug-likeness (QED) is 0.626. The van der Waals surface area contributed by atoms with Crippen molar-refractivity contribution in [2.75, 3.05) is 18.9 Å². The molecule has 1 rings (SSSR count). The molecule has 0 saturated carbocycles. The van der Waals surface area contributed by atoms with Crippen LogP contribution in [0.15, 0.2) is 22.7 Å². The third kappa shape index (κ3) is 5.51. The third-order valence-corrected chi connectivity index (χ3v) is 2.70. The summed E-state index contributed by atoms with van der Waals surface area (Å²) in [6.07, 6.45) is 1.03. The van der Waals surface area contributed by atoms with Crippen LogP contribution in [0.1, 0.15) is 30.6 Å². The summed E-state index contributed by atoms with van der Waals surface area (Å²) in [6.45, 7) is 5.22. The molecule has 1 amide bonds. The first-order valence-electron chi connectivity index (χ1n) is 5.95. The molecule has 0 unspecified atom stereocenters. The van der Waals surface area contributed by atoms with Gasteiger partial charge in [0.15, 0.2) is 0 Å². The van der Waals surface area contributed by atoms with Crippen molar-refractivity contribution < 1.29 is 9.53 Å². The van der Waals surface area contributed by atoms with E-state index in [0.717, 1.165) is 10.9 Å². The van der Waals surface area contributed by atoms with Gasteiger partial charge in [-0.15, -0.1) is 0 Å². The van der Waals surface area contributed by atoms with Gasteiger partial charge in [-0.05, 0) is 38.5 Å². The summed E-state index contributed by atoms with van der Waals surface area (Å²) < 4.78 is 6.19. The Labute approximate surface area is 116 Å². The Morgan fingerprint density at radius 1 is 1.44 bits per heavy atom. The Morgan fingerprint density at radius 3 is 2.78 bits per heavy atom. The fraction of sp³-hybridized carbons (Fsp3) is 0.462. The van der Waals surface area contributed by atoms with Crippen molar-refractivity contribution in [2.24, 2.45) is 0 Å². The molecular weight excluding hydrogens is 296 g/mol. The van der Waals surface area contributed by atoms with Gasteiger partial charge >= 0.3 is 0 Å². The van der Waals surface area contributed by atoms with Gasteiger partial charge in [-0.3, -0.25) is 4.79 Å². The molecule has 0 heterocycles. The van der Waals surface area contributed by atoms with Gasteiger partial charge in [-0.1, -0.05) is 15.9 Å². The van der Waals surface area contributed by atoms with E-state index < -0.39 is 0 Å². The molecule has 0 aliphatic carbocycles. The van der Waals surface area contributed by atoms with Crippen LogP contribution in [0.25, 0.3) is 0 Å². The number of carbonyl (C=O) groups is 1. The summed E-state index contributed by atoms with van der Waals surface area (Å²) >= 11 is 3.31. The maximum atomic E-state index is 11.8. The molecule has 0 fully saturated rings. The normalized spacial score (nSPS) is 10.7. The molecule has 100 valence electrons. The van der Waals surface area contributed by atoms with Gasteiger partial charge in [-0.25, -0.2) is 0 Å². The second kappa shape index (κ2) is 7.38. The van der Waals surface area contributed by atoms with Crippen LogP contribution in [0.4, 0.5) is 5.69 Å². The molecule has 0 aliphatic heterocycles. The molecule has 18 heavy (non-hydrogen) atoms. The summed E-state index contributed by atoms with van der Waals surface area (Å²) in [5, 5.41) is 2.83. The van der Waals surface area contributed by atoms with Gasteiger partial charge in [0.25, 0.3) is 5.91 Å². The zero-order valence-corrected chi connectivity index (χ0v) is 12.3. The summed E-state index contributed by atoms with van der Waals surface area (Å²) in [5.41, 5.74) is 6.81. The van der Waals surface area contributed by atoms with E-state index >= 15 is 0 Å². The Bertz CT molecular complexity index is 388. The minimum atomic E-state index is -0.118. The monoisotopic (exact) mass is 314 g/mol. The first-order chi connectivity index (χ1) is 8.49. The molecule has 0 aliphatic rings. The third-order valence-electron chi connectivity index (χ3n) is 2.24. The molecule has 3 N–H and O–H groups in total. The van der Waals surface area contributed by atoms with Gasteiger partial charge in [0.05, 0.1) is 6.10 Å². The predicted octanol–water partition coefficient (Wildman–Crippen LogP) is 2.58. The minimum Gasteiger partial charge on any atom is -0.399 e. The molecule has 4 nitrogen and oxygen atoms in total. The van der Waals surface area contributed by atoms with Crippen LogP contribution in [0.5, 0.6) is 0 Å². The Morgan fingerprint density at radius 2 is 2.17 bits per heavy atom. The molecule has 0 aromatic heterocycles. The van der Waals surface area contributed by atoms with Crippen LogP contribution in [0, 0.1) is 0 Å². The number of nitrogens with one attached hydrogen (secondary N) is 1. The number of amides is 1. The van der Waals surface area contributed by atoms with Crippen molar-refractivity contribution in [1.29, 1.82) is 0 Å². The number of ether oxygens (including phenoxy) is 1. The predicted molar refractivity (Wildman–Crippen MR) is 76.6 cm³/mol. The second-order valence-corrected chi connectivity index (χ2v) is 5.22. The SMILES string of the molecule is CC(C)OCCCNC(=O)c1cc(N)cc(Br)c1. The van der Waals surface area contributed by atoms with Crippen LogP contribution >= 0.6 is 15.9 Å². The maximum absolute atomic E-state index is 11.8. The lowest BCUT2D eigenvalue weighted by Gasteiger charge is -2.09. The van der Waals surface area contributed by atoms with E-state index in [4.69, 9.17) is 10.5 Å². The molecule has 1 aromatic rings. The molecule has 0 radical (unpaired) electrons. The lowest BCUT2D eigenvalue weighted by molar-refractivity contribution is 0.0757. The van der Waals surface area contributed by atoms with E-state index in [9.17, 15) is 4.79 Å². The van der Waals surface area contributed by atoms with Gasteiger partial charge in [0.2, 0.25) is 0 Å². The highest BCUT2D eigenvalue weighted by Gasteiger charge is 2.06. The van der Waals surface area contributed by atoms with Crippen LogP contribution in [0.3, 0.4) is 0 Å². The average molecular weight is 315 g/mol. The standard InChI is InChI=1S/C13H19BrN2O2/c1-9(2)18-5-3-4-16-13(17)10-6-11(14)8-12(15)7-10/h6-9H,3-5,15H2,1-2H3,(H,16,17). The zero-order valence-electron chi connectivity index (χ0n) is 10.7. The molecule has 0 atom stereocenters. The Kier molecular flexibility index (Phi) is 6.15. The van der Waals surface area contributed by atoms with Crippen molar-refractivity contribution in [3.63, 3.8) is 0 Å². The van der Waals surface area contributed by atoms with Crippen molar-refractivity contribution in [2.45, 2.75) is 26.4 Å². The number of anilines is 1. The number of benzene rings is 1. The Hall–Kier alpha value is -1.07. The number of carbonyl (C=O) groups excluding carboxylic acids is 1. The fourth-order valence-corrected chi connectivity index (χ4v) is 1.95. The van der Waals surface area contributed by atoms with Gasteiger partial charge in [0.1, 0.15) is 0 Å². The van der Waals surface area contributed by atoms with Crippen molar-refractivity contribution >= 4 is 27.5 Å². The van der Waals surface area contributed by atoms with Crippen LogP contribution in [-0.2, 0) is 4.74 Å². The lowest BCUT2D eigenvalue weighted by atomic mass is 10.2. The van der Waals surface area contributed by atoms with Crippen LogP contribution in [0.2, 0.25) is 0 Å². The molecule has 5 heteroatoms. The smallest absolute Gasteiger partial charge is 0.251 e. The molecule has 0 saturated heterocycles. The van der Waals surface area contributed by atoms with Crippen LogP contribution < -0.4 is 11.1 Å². The highest BCUT2D eigenvalue weighted by atomic mass is 79.9. The first-order valence-corrected chi connectivity index (χ1v) is 6.74. The van der Waals surface area contributed by atoms with Crippen LogP contribution in [-0.4, -0.2) is 25.2 Å². The van der Waals surface area contributed by atoms with Gasteiger partial charge in [-0.2, -0.15) is 0 Å². The summed E-state index contributed by atoms with van der Waals surface area (Å²) in [5.74, 6) is -0.118. The molecular formula is C13H19BrN2O2. The molecule has 1 aromatic carbocycles. The van der Waals surface area contributed by atoms with E-state index in [0.29, 0.717) is 24.4 Å². The topological polar surface area (TPSA) is 64.3 Å². The first kappa shape index (κ1) is 15.0. The summed E-state index contributed by atoms with van der Waals surface area (Å²) in [4.78, 5) is 11.8. The molecule has 0 spiro atoms. The lowest BCUT2D eigenvalue weighted by Crippen LogP contribution is -2.25. The average Bonchev–Trinajstić information content (AvgIpc) is 2.26. The van der Waals surface area contributed by atoms with Crippen molar-refractivity contribution in [3.8, 4) is 0 Å². The summed E-state index contributed by atoms with van der Waals surface area (Å²) in [7, 11) is 0. The largest absolute Gasteiger partial charge is 0.399 e. The Balaban J connectivity index is 2.36. The number of rotatable bonds is 6. The number of nitrogen functional groups attached to an aromatic ring is 1. The van der Waals surface area contributed by atoms with Crippen molar-refractivity contribution in [3.05, 3.63) is 28.2 Å². The second-order valence-electron chi connectivity index (χ2n) is 4.30. The zero-order chi connectivity index (χ0) is 13.5. The van der Waals surface area contributed by atoms with Gasteiger partial charge in [0, 0.05) is 28.9 Å². The van der Waals surface area contributed by atoms with Crippen molar-refractivity contribution in [1.82, 2.24) is 5.32 Å². The number of hydrogen-bond acceptors (Lipinski definition) is 3. The van der Waals surface area contributed by atoms with E-state index in [1.807, 2.05) is 13.8 Å². The fourth-order valence-electron chi connectivity index (χ4n) is 1.44.